The van der Waals surface area contributed by atoms with Crippen LogP contribution in [0.5, 0.6) is 0 Å². The van der Waals surface area contributed by atoms with Crippen LogP contribution in [-0.4, -0.2) is 44.2 Å². The van der Waals surface area contributed by atoms with Crippen LogP contribution in [0.1, 0.15) is 33.1 Å². The lowest BCUT2D eigenvalue weighted by atomic mass is 10.2. The van der Waals surface area contributed by atoms with Crippen LogP contribution in [0.3, 0.4) is 0 Å². The Kier molecular flexibility index (Phi) is 12.1. The molecule has 0 aliphatic carbocycles. The minimum absolute atomic E-state index is 1.10. The minimum atomic E-state index is 1.10. The van der Waals surface area contributed by atoms with Gasteiger partial charge in [-0.2, -0.15) is 0 Å². The van der Waals surface area contributed by atoms with Crippen molar-refractivity contribution in [2.75, 3.05) is 39.3 Å². The van der Waals surface area contributed by atoms with Crippen molar-refractivity contribution < 1.29 is 0 Å². The van der Waals surface area contributed by atoms with Crippen molar-refractivity contribution in [2.45, 2.75) is 33.1 Å². The molecule has 0 aromatic carbocycles. The highest BCUT2D eigenvalue weighted by atomic mass is 15.2. The van der Waals surface area contributed by atoms with Crippen molar-refractivity contribution in [1.82, 2.24) is 15.5 Å². The fourth-order valence-electron chi connectivity index (χ4n) is 1.67. The number of piperazine rings is 1. The summed E-state index contributed by atoms with van der Waals surface area (Å²) in [4.78, 5) is 2.22. The third kappa shape index (κ3) is 8.74. The van der Waals surface area contributed by atoms with Crippen LogP contribution in [0.4, 0.5) is 0 Å². The van der Waals surface area contributed by atoms with Crippen LogP contribution in [0.15, 0.2) is 12.8 Å². The third-order valence-electron chi connectivity index (χ3n) is 2.62. The van der Waals surface area contributed by atoms with E-state index in [1.807, 2.05) is 20.0 Å². The molecular formula is C13H29N3. The molecule has 2 heterocycles. The molecule has 16 heavy (non-hydrogen) atoms. The van der Waals surface area contributed by atoms with Crippen molar-refractivity contribution in [3.05, 3.63) is 12.8 Å². The Bertz CT molecular complexity index is 127. The average Bonchev–Trinajstić information content (AvgIpc) is 2.44. The van der Waals surface area contributed by atoms with Crippen molar-refractivity contribution in [2.24, 2.45) is 0 Å². The molecule has 0 amide bonds. The molecule has 0 unspecified atom stereocenters. The van der Waals surface area contributed by atoms with Crippen LogP contribution < -0.4 is 10.6 Å². The second kappa shape index (κ2) is 12.5. The Hall–Kier alpha value is -0.540. The fraction of sp³-hybridized carbons (Fsp3) is 0.846. The second-order valence-corrected chi connectivity index (χ2v) is 3.78. The van der Waals surface area contributed by atoms with E-state index in [1.54, 1.807) is 0 Å². The predicted octanol–water partition coefficient (Wildman–Crippen LogP) is 1.82. The van der Waals surface area contributed by atoms with Crippen LogP contribution in [-0.2, 0) is 0 Å². The van der Waals surface area contributed by atoms with Gasteiger partial charge in [-0.25, -0.2) is 0 Å². The van der Waals surface area contributed by atoms with Crippen LogP contribution in [0, 0.1) is 0 Å². The van der Waals surface area contributed by atoms with Crippen molar-refractivity contribution in [1.29, 1.82) is 0 Å². The molecule has 2 saturated heterocycles. The van der Waals surface area contributed by atoms with Gasteiger partial charge in [-0.3, -0.25) is 0 Å². The molecule has 0 bridgehead atoms. The molecule has 0 radical (unpaired) electrons. The standard InChI is InChI=1S/C6H12N2.C5H11N.C2H6/c1-2-8-5-3-7-4-6-8;1-2-4-6-5-3-1;1-2/h2,7H,1,3-6H2;6H,1-5H2;1-2H3. The van der Waals surface area contributed by atoms with Gasteiger partial charge in [0.25, 0.3) is 0 Å². The quantitative estimate of drug-likeness (QED) is 0.715. The number of nitrogens with zero attached hydrogens (tertiary/aromatic N) is 1. The molecule has 2 aliphatic rings. The van der Waals surface area contributed by atoms with E-state index in [-0.39, 0.29) is 0 Å². The topological polar surface area (TPSA) is 27.3 Å². The lowest BCUT2D eigenvalue weighted by Gasteiger charge is -2.24. The van der Waals surface area contributed by atoms with E-state index in [9.17, 15) is 0 Å². The lowest BCUT2D eigenvalue weighted by Crippen LogP contribution is -2.40. The Balaban J connectivity index is 0.000000251. The Morgan fingerprint density at radius 1 is 0.875 bits per heavy atom. The summed E-state index contributed by atoms with van der Waals surface area (Å²) in [5, 5.41) is 6.54. The molecule has 0 saturated carbocycles. The highest BCUT2D eigenvalue weighted by Crippen LogP contribution is 1.96. The van der Waals surface area contributed by atoms with Gasteiger partial charge in [0.1, 0.15) is 0 Å². The van der Waals surface area contributed by atoms with Gasteiger partial charge in [0.2, 0.25) is 0 Å². The molecule has 0 aromatic rings. The zero-order valence-corrected chi connectivity index (χ0v) is 11.1. The molecular weight excluding hydrogens is 198 g/mol. The molecule has 96 valence electrons. The van der Waals surface area contributed by atoms with Crippen LogP contribution >= 0.6 is 0 Å². The first-order chi connectivity index (χ1) is 7.93. The van der Waals surface area contributed by atoms with Gasteiger partial charge in [0.05, 0.1) is 0 Å². The maximum atomic E-state index is 3.68. The van der Waals surface area contributed by atoms with Gasteiger partial charge in [-0.1, -0.05) is 26.8 Å². The number of hydrogen-bond acceptors (Lipinski definition) is 3. The highest BCUT2D eigenvalue weighted by molar-refractivity contribution is 4.75. The molecule has 2 N–H and O–H groups in total. The number of nitrogens with one attached hydrogen (secondary N) is 2. The first-order valence-corrected chi connectivity index (χ1v) is 6.71. The first-order valence-electron chi connectivity index (χ1n) is 6.71. The van der Waals surface area contributed by atoms with Gasteiger partial charge in [-0.15, -0.1) is 0 Å². The number of piperidine rings is 1. The molecule has 0 atom stereocenters. The minimum Gasteiger partial charge on any atom is -0.375 e. The summed E-state index contributed by atoms with van der Waals surface area (Å²) in [6.07, 6.45) is 6.12. The highest BCUT2D eigenvalue weighted by Gasteiger charge is 2.01. The van der Waals surface area contributed by atoms with E-state index in [4.69, 9.17) is 0 Å². The lowest BCUT2D eigenvalue weighted by molar-refractivity contribution is 0.325. The molecule has 2 rings (SSSR count). The van der Waals surface area contributed by atoms with Crippen LogP contribution in [0.2, 0.25) is 0 Å². The summed E-state index contributed by atoms with van der Waals surface area (Å²) in [6.45, 7) is 14.6. The average molecular weight is 227 g/mol. The Morgan fingerprint density at radius 2 is 1.38 bits per heavy atom. The number of rotatable bonds is 1. The van der Waals surface area contributed by atoms with Gasteiger partial charge >= 0.3 is 0 Å². The van der Waals surface area contributed by atoms with Crippen molar-refractivity contribution >= 4 is 0 Å². The fourth-order valence-corrected chi connectivity index (χ4v) is 1.67. The summed E-state index contributed by atoms with van der Waals surface area (Å²) < 4.78 is 0. The normalized spacial score (nSPS) is 19.8. The molecule has 0 aromatic heterocycles. The zero-order valence-electron chi connectivity index (χ0n) is 11.1. The third-order valence-corrected chi connectivity index (χ3v) is 2.62. The number of hydrogen-bond donors (Lipinski definition) is 2. The Morgan fingerprint density at radius 3 is 1.62 bits per heavy atom. The van der Waals surface area contributed by atoms with E-state index in [0.717, 1.165) is 26.2 Å². The van der Waals surface area contributed by atoms with Crippen molar-refractivity contribution in [3.8, 4) is 0 Å². The van der Waals surface area contributed by atoms with Gasteiger partial charge in [0, 0.05) is 26.2 Å². The van der Waals surface area contributed by atoms with E-state index in [1.165, 1.54) is 32.4 Å². The Labute approximate surface area is 101 Å². The van der Waals surface area contributed by atoms with Crippen LogP contribution in [0.25, 0.3) is 0 Å². The zero-order chi connectivity index (χ0) is 12.1. The molecule has 2 aliphatic heterocycles. The predicted molar refractivity (Wildman–Crippen MR) is 72.7 cm³/mol. The molecule has 3 nitrogen and oxygen atoms in total. The summed E-state index contributed by atoms with van der Waals surface area (Å²) >= 11 is 0. The monoisotopic (exact) mass is 227 g/mol. The van der Waals surface area contributed by atoms with Gasteiger partial charge in [0.15, 0.2) is 0 Å². The maximum absolute atomic E-state index is 3.68. The van der Waals surface area contributed by atoms with E-state index in [2.05, 4.69) is 22.1 Å². The summed E-state index contributed by atoms with van der Waals surface area (Å²) in [7, 11) is 0. The van der Waals surface area contributed by atoms with Crippen molar-refractivity contribution in [3.63, 3.8) is 0 Å². The largest absolute Gasteiger partial charge is 0.375 e. The SMILES string of the molecule is C1CCNCC1.C=CN1CCNCC1.CC. The van der Waals surface area contributed by atoms with Gasteiger partial charge in [-0.05, 0) is 32.1 Å². The summed E-state index contributed by atoms with van der Waals surface area (Å²) in [6, 6.07) is 0. The first kappa shape index (κ1) is 15.5. The second-order valence-electron chi connectivity index (χ2n) is 3.78. The molecule has 2 fully saturated rings. The van der Waals surface area contributed by atoms with E-state index >= 15 is 0 Å². The van der Waals surface area contributed by atoms with Gasteiger partial charge < -0.3 is 15.5 Å². The molecule has 0 spiro atoms. The summed E-state index contributed by atoms with van der Waals surface area (Å²) in [5.74, 6) is 0. The smallest absolute Gasteiger partial charge is 0.0298 e. The maximum Gasteiger partial charge on any atom is 0.0298 e. The van der Waals surface area contributed by atoms with E-state index < -0.39 is 0 Å². The summed E-state index contributed by atoms with van der Waals surface area (Å²) in [5.41, 5.74) is 0. The molecule has 3 heteroatoms. The van der Waals surface area contributed by atoms with E-state index in [0.29, 0.717) is 0 Å².